The average Bonchev–Trinajstić information content (AvgIpc) is 2.54. The van der Waals surface area contributed by atoms with Crippen LogP contribution in [-0.2, 0) is 10.3 Å². The van der Waals surface area contributed by atoms with Gasteiger partial charge in [0.05, 0.1) is 0 Å². The van der Waals surface area contributed by atoms with E-state index < -0.39 is 36.1 Å². The minimum absolute atomic E-state index is 0.148. The van der Waals surface area contributed by atoms with Gasteiger partial charge in [-0.1, -0.05) is 18.2 Å². The molecule has 0 saturated carbocycles. The molecule has 3 N–H and O–H groups in total. The third-order valence-corrected chi connectivity index (χ3v) is 3.28. The lowest BCUT2D eigenvalue weighted by Crippen LogP contribution is -2.54. The lowest BCUT2D eigenvalue weighted by molar-refractivity contribution is -0.114. The van der Waals surface area contributed by atoms with Gasteiger partial charge in [0, 0.05) is 11.6 Å². The second-order valence-corrected chi connectivity index (χ2v) is 4.51. The second-order valence-electron chi connectivity index (χ2n) is 4.51. The number of hydrogen-bond acceptors (Lipinski definition) is 3. The Balaban J connectivity index is 2.58. The van der Waals surface area contributed by atoms with E-state index in [1.165, 1.54) is 25.1 Å². The number of ether oxygens (including phenoxy) is 1. The van der Waals surface area contributed by atoms with Crippen molar-refractivity contribution >= 4 is 0 Å². The van der Waals surface area contributed by atoms with Crippen LogP contribution in [0.25, 0.3) is 0 Å². The molecule has 6 heteroatoms. The van der Waals surface area contributed by atoms with Crippen LogP contribution in [0.5, 0.6) is 0 Å². The van der Waals surface area contributed by atoms with Crippen molar-refractivity contribution in [2.24, 2.45) is 5.73 Å². The fourth-order valence-electron chi connectivity index (χ4n) is 2.32. The number of aliphatic hydroxyl groups excluding tert-OH is 1. The number of alkyl halides is 2. The molecule has 1 aliphatic heterocycles. The summed E-state index contributed by atoms with van der Waals surface area (Å²) in [5.41, 5.74) is 3.59. The Morgan fingerprint density at radius 2 is 2.06 bits per heavy atom. The zero-order valence-electron chi connectivity index (χ0n) is 9.74. The SMILES string of the molecule is C[C@H](N)[C@@]1(c2ccccc2F)OCC(F)(F)[C@H]1O. The van der Waals surface area contributed by atoms with E-state index in [1.807, 2.05) is 0 Å². The molecule has 3 nitrogen and oxygen atoms in total. The van der Waals surface area contributed by atoms with Crippen molar-refractivity contribution in [3.8, 4) is 0 Å². The van der Waals surface area contributed by atoms with Gasteiger partial charge in [-0.25, -0.2) is 13.2 Å². The molecule has 1 saturated heterocycles. The van der Waals surface area contributed by atoms with Gasteiger partial charge < -0.3 is 15.6 Å². The van der Waals surface area contributed by atoms with E-state index in [2.05, 4.69) is 0 Å². The van der Waals surface area contributed by atoms with E-state index in [9.17, 15) is 18.3 Å². The highest BCUT2D eigenvalue weighted by Crippen LogP contribution is 2.46. The summed E-state index contributed by atoms with van der Waals surface area (Å²) >= 11 is 0. The molecule has 0 amide bonds. The number of aliphatic hydroxyl groups is 1. The Morgan fingerprint density at radius 1 is 1.44 bits per heavy atom. The number of nitrogens with two attached hydrogens (primary N) is 1. The molecule has 1 heterocycles. The molecule has 0 aliphatic carbocycles. The maximum Gasteiger partial charge on any atom is 0.299 e. The van der Waals surface area contributed by atoms with Gasteiger partial charge in [0.2, 0.25) is 0 Å². The lowest BCUT2D eigenvalue weighted by atomic mass is 9.81. The van der Waals surface area contributed by atoms with Crippen molar-refractivity contribution in [2.45, 2.75) is 30.6 Å². The van der Waals surface area contributed by atoms with Gasteiger partial charge >= 0.3 is 0 Å². The topological polar surface area (TPSA) is 55.5 Å². The Hall–Kier alpha value is -1.11. The summed E-state index contributed by atoms with van der Waals surface area (Å²) in [5.74, 6) is -4.18. The standard InChI is InChI=1S/C12H14F3NO2/c1-7(16)12(8-4-2-3-5-9(8)13)10(17)11(14,15)6-18-12/h2-5,7,10,17H,6,16H2,1H3/t7-,10+,12-/m0/s1. The van der Waals surface area contributed by atoms with E-state index in [0.717, 1.165) is 6.07 Å². The molecule has 1 aromatic carbocycles. The molecule has 0 aromatic heterocycles. The van der Waals surface area contributed by atoms with Gasteiger partial charge in [-0.05, 0) is 13.0 Å². The van der Waals surface area contributed by atoms with Gasteiger partial charge in [0.25, 0.3) is 5.92 Å². The molecule has 1 fully saturated rings. The molecule has 1 aromatic rings. The zero-order chi connectivity index (χ0) is 13.6. The van der Waals surface area contributed by atoms with Crippen molar-refractivity contribution in [3.05, 3.63) is 35.6 Å². The van der Waals surface area contributed by atoms with Crippen molar-refractivity contribution in [1.29, 1.82) is 0 Å². The first-order chi connectivity index (χ1) is 8.32. The Labute approximate surface area is 102 Å². The molecule has 0 spiro atoms. The largest absolute Gasteiger partial charge is 0.383 e. The van der Waals surface area contributed by atoms with Crippen LogP contribution in [0.3, 0.4) is 0 Å². The summed E-state index contributed by atoms with van der Waals surface area (Å²) in [4.78, 5) is 0. The van der Waals surface area contributed by atoms with Crippen LogP contribution in [0.4, 0.5) is 13.2 Å². The predicted octanol–water partition coefficient (Wildman–Crippen LogP) is 1.39. The summed E-state index contributed by atoms with van der Waals surface area (Å²) in [7, 11) is 0. The Kier molecular flexibility index (Phi) is 3.12. The van der Waals surface area contributed by atoms with Gasteiger partial charge in [-0.3, -0.25) is 0 Å². The van der Waals surface area contributed by atoms with Crippen molar-refractivity contribution in [2.75, 3.05) is 6.61 Å². The van der Waals surface area contributed by atoms with E-state index in [-0.39, 0.29) is 5.56 Å². The number of hydrogen-bond donors (Lipinski definition) is 2. The summed E-state index contributed by atoms with van der Waals surface area (Å²) in [6.07, 6.45) is -2.18. The molecule has 0 unspecified atom stereocenters. The van der Waals surface area contributed by atoms with Crippen LogP contribution in [-0.4, -0.2) is 29.8 Å². The highest BCUT2D eigenvalue weighted by molar-refractivity contribution is 5.30. The lowest BCUT2D eigenvalue weighted by Gasteiger charge is -2.36. The number of rotatable bonds is 2. The first-order valence-electron chi connectivity index (χ1n) is 5.53. The highest BCUT2D eigenvalue weighted by Gasteiger charge is 2.63. The summed E-state index contributed by atoms with van der Waals surface area (Å²) in [6, 6.07) is 4.33. The molecule has 3 atom stereocenters. The molecule has 100 valence electrons. The van der Waals surface area contributed by atoms with Crippen LogP contribution in [0.2, 0.25) is 0 Å². The molecule has 1 aliphatic rings. The first kappa shape index (κ1) is 13.3. The van der Waals surface area contributed by atoms with Crippen molar-refractivity contribution in [1.82, 2.24) is 0 Å². The maximum absolute atomic E-state index is 13.8. The fraction of sp³-hybridized carbons (Fsp3) is 0.500. The van der Waals surface area contributed by atoms with Gasteiger partial charge in [-0.15, -0.1) is 0 Å². The molecular weight excluding hydrogens is 247 g/mol. The summed E-state index contributed by atoms with van der Waals surface area (Å²) < 4.78 is 45.7. The third kappa shape index (κ3) is 1.72. The average molecular weight is 261 g/mol. The smallest absolute Gasteiger partial charge is 0.299 e. The van der Waals surface area contributed by atoms with Crippen molar-refractivity contribution in [3.63, 3.8) is 0 Å². The van der Waals surface area contributed by atoms with Crippen molar-refractivity contribution < 1.29 is 23.0 Å². The summed E-state index contributed by atoms with van der Waals surface area (Å²) in [6.45, 7) is 0.418. The van der Waals surface area contributed by atoms with Crippen LogP contribution < -0.4 is 5.73 Å². The van der Waals surface area contributed by atoms with E-state index in [0.29, 0.717) is 0 Å². The minimum Gasteiger partial charge on any atom is -0.383 e. The van der Waals surface area contributed by atoms with Crippen LogP contribution >= 0.6 is 0 Å². The third-order valence-electron chi connectivity index (χ3n) is 3.28. The van der Waals surface area contributed by atoms with Gasteiger partial charge in [-0.2, -0.15) is 0 Å². The minimum atomic E-state index is -3.45. The quantitative estimate of drug-likeness (QED) is 0.846. The van der Waals surface area contributed by atoms with Gasteiger partial charge in [0.1, 0.15) is 18.0 Å². The van der Waals surface area contributed by atoms with Gasteiger partial charge in [0.15, 0.2) is 6.10 Å². The maximum atomic E-state index is 13.8. The van der Waals surface area contributed by atoms with E-state index >= 15 is 0 Å². The molecule has 0 radical (unpaired) electrons. The molecule has 2 rings (SSSR count). The fourth-order valence-corrected chi connectivity index (χ4v) is 2.32. The molecule has 18 heavy (non-hydrogen) atoms. The Bertz CT molecular complexity index is 453. The van der Waals surface area contributed by atoms with Crippen LogP contribution in [0, 0.1) is 5.82 Å². The second kappa shape index (κ2) is 4.22. The van der Waals surface area contributed by atoms with Crippen LogP contribution in [0.1, 0.15) is 12.5 Å². The highest BCUT2D eigenvalue weighted by atomic mass is 19.3. The molecule has 0 bridgehead atoms. The molecular formula is C12H14F3NO2. The van der Waals surface area contributed by atoms with E-state index in [4.69, 9.17) is 10.5 Å². The first-order valence-corrected chi connectivity index (χ1v) is 5.53. The number of benzene rings is 1. The zero-order valence-corrected chi connectivity index (χ0v) is 9.74. The van der Waals surface area contributed by atoms with Crippen LogP contribution in [0.15, 0.2) is 24.3 Å². The number of halogens is 3. The van der Waals surface area contributed by atoms with E-state index in [1.54, 1.807) is 0 Å². The summed E-state index contributed by atoms with van der Waals surface area (Å²) in [5, 5.41) is 9.79. The predicted molar refractivity (Wildman–Crippen MR) is 58.6 cm³/mol. The monoisotopic (exact) mass is 261 g/mol. The Morgan fingerprint density at radius 3 is 2.50 bits per heavy atom. The normalized spacial score (nSPS) is 32.4.